The average Bonchev–Trinajstić information content (AvgIpc) is 3.33. The van der Waals surface area contributed by atoms with Crippen LogP contribution in [0.2, 0.25) is 0 Å². The maximum absolute atomic E-state index is 11.8. The zero-order valence-corrected chi connectivity index (χ0v) is 13.4. The van der Waals surface area contributed by atoms with E-state index in [1.807, 2.05) is 7.05 Å². The fourth-order valence-corrected chi connectivity index (χ4v) is 4.68. The molecule has 0 amide bonds. The summed E-state index contributed by atoms with van der Waals surface area (Å²) >= 11 is 0. The van der Waals surface area contributed by atoms with Gasteiger partial charge >= 0.3 is 5.97 Å². The molecule has 1 unspecified atom stereocenters. The van der Waals surface area contributed by atoms with Crippen LogP contribution in [0.5, 0.6) is 0 Å². The molecule has 21 heavy (non-hydrogen) atoms. The second-order valence-corrected chi connectivity index (χ2v) is 7.64. The van der Waals surface area contributed by atoms with Gasteiger partial charge in [-0.25, -0.2) is 0 Å². The van der Waals surface area contributed by atoms with Crippen molar-refractivity contribution in [1.29, 1.82) is 0 Å². The predicted octanol–water partition coefficient (Wildman–Crippen LogP) is 2.49. The highest BCUT2D eigenvalue weighted by Gasteiger charge is 2.51. The molecule has 3 rings (SSSR count). The van der Waals surface area contributed by atoms with Gasteiger partial charge < -0.3 is 15.3 Å². The van der Waals surface area contributed by atoms with Crippen LogP contribution in [0, 0.1) is 11.3 Å². The highest BCUT2D eigenvalue weighted by molar-refractivity contribution is 5.80. The third-order valence-corrected chi connectivity index (χ3v) is 6.41. The Kier molecular flexibility index (Phi) is 4.28. The van der Waals surface area contributed by atoms with Crippen LogP contribution in [0.1, 0.15) is 57.8 Å². The van der Waals surface area contributed by atoms with Crippen LogP contribution in [-0.2, 0) is 4.79 Å². The van der Waals surface area contributed by atoms with Crippen LogP contribution in [-0.4, -0.2) is 48.2 Å². The molecule has 0 aromatic heterocycles. The Morgan fingerprint density at radius 3 is 2.29 bits per heavy atom. The van der Waals surface area contributed by atoms with Crippen molar-refractivity contribution >= 4 is 5.97 Å². The number of carboxylic acids is 1. The van der Waals surface area contributed by atoms with Gasteiger partial charge in [-0.2, -0.15) is 0 Å². The van der Waals surface area contributed by atoms with Gasteiger partial charge in [0.25, 0.3) is 0 Å². The Hall–Kier alpha value is -0.610. The molecule has 4 nitrogen and oxygen atoms in total. The Labute approximate surface area is 128 Å². The molecule has 120 valence electrons. The lowest BCUT2D eigenvalue weighted by Gasteiger charge is -2.46. The molecular formula is C17H30N2O2. The van der Waals surface area contributed by atoms with E-state index in [1.165, 1.54) is 44.9 Å². The summed E-state index contributed by atoms with van der Waals surface area (Å²) in [7, 11) is 1.82. The molecule has 0 aromatic rings. The van der Waals surface area contributed by atoms with Crippen molar-refractivity contribution in [3.8, 4) is 0 Å². The lowest BCUT2D eigenvalue weighted by Crippen LogP contribution is -2.60. The quantitative estimate of drug-likeness (QED) is 0.818. The van der Waals surface area contributed by atoms with Gasteiger partial charge in [0.15, 0.2) is 0 Å². The van der Waals surface area contributed by atoms with Gasteiger partial charge in [-0.1, -0.05) is 19.3 Å². The standard InChI is InChI=1S/C17H30N2O2/c1-18-17(15(20)21,14-5-6-14)13-19-11-9-16(10-12-19)7-3-2-4-8-16/h14,18H,2-13H2,1H3,(H,20,21). The topological polar surface area (TPSA) is 52.6 Å². The minimum Gasteiger partial charge on any atom is -0.480 e. The molecule has 3 aliphatic rings. The number of piperidine rings is 1. The van der Waals surface area contributed by atoms with Crippen molar-refractivity contribution in [2.75, 3.05) is 26.7 Å². The summed E-state index contributed by atoms with van der Waals surface area (Å²) in [6.07, 6.45) is 11.7. The summed E-state index contributed by atoms with van der Waals surface area (Å²) in [6, 6.07) is 0. The summed E-state index contributed by atoms with van der Waals surface area (Å²) < 4.78 is 0. The van der Waals surface area contributed by atoms with Crippen LogP contribution >= 0.6 is 0 Å². The van der Waals surface area contributed by atoms with Crippen LogP contribution in [0.15, 0.2) is 0 Å². The summed E-state index contributed by atoms with van der Waals surface area (Å²) in [4.78, 5) is 14.2. The van der Waals surface area contributed by atoms with E-state index in [9.17, 15) is 9.90 Å². The van der Waals surface area contributed by atoms with Crippen molar-refractivity contribution in [3.63, 3.8) is 0 Å². The molecule has 0 aromatic carbocycles. The van der Waals surface area contributed by atoms with E-state index in [0.29, 0.717) is 17.9 Å². The van der Waals surface area contributed by atoms with E-state index in [0.717, 1.165) is 25.9 Å². The number of nitrogens with one attached hydrogen (secondary N) is 1. The molecule has 1 saturated heterocycles. The number of likely N-dealkylation sites (N-methyl/N-ethyl adjacent to an activating group) is 1. The first-order valence-corrected chi connectivity index (χ1v) is 8.75. The maximum atomic E-state index is 11.8. The van der Waals surface area contributed by atoms with Crippen molar-refractivity contribution in [2.24, 2.45) is 11.3 Å². The molecule has 2 N–H and O–H groups in total. The smallest absolute Gasteiger partial charge is 0.325 e. The van der Waals surface area contributed by atoms with Gasteiger partial charge in [-0.15, -0.1) is 0 Å². The largest absolute Gasteiger partial charge is 0.480 e. The lowest BCUT2D eigenvalue weighted by molar-refractivity contribution is -0.147. The Balaban J connectivity index is 1.60. The fourth-order valence-electron chi connectivity index (χ4n) is 4.68. The number of carbonyl (C=O) groups is 1. The molecule has 1 atom stereocenters. The van der Waals surface area contributed by atoms with Crippen molar-refractivity contribution in [1.82, 2.24) is 10.2 Å². The average molecular weight is 294 g/mol. The van der Waals surface area contributed by atoms with Gasteiger partial charge in [0, 0.05) is 6.54 Å². The van der Waals surface area contributed by atoms with Gasteiger partial charge in [0.05, 0.1) is 0 Å². The lowest BCUT2D eigenvalue weighted by atomic mass is 9.68. The van der Waals surface area contributed by atoms with E-state index in [2.05, 4.69) is 10.2 Å². The van der Waals surface area contributed by atoms with E-state index < -0.39 is 11.5 Å². The van der Waals surface area contributed by atoms with E-state index >= 15 is 0 Å². The Morgan fingerprint density at radius 1 is 1.19 bits per heavy atom. The summed E-state index contributed by atoms with van der Waals surface area (Å²) in [5.41, 5.74) is -0.114. The number of hydrogen-bond acceptors (Lipinski definition) is 3. The number of aliphatic carboxylic acids is 1. The minimum absolute atomic E-state index is 0.325. The number of likely N-dealkylation sites (tertiary alicyclic amines) is 1. The second-order valence-electron chi connectivity index (χ2n) is 7.64. The maximum Gasteiger partial charge on any atom is 0.325 e. The molecule has 0 bridgehead atoms. The summed E-state index contributed by atoms with van der Waals surface area (Å²) in [5, 5.41) is 12.9. The SMILES string of the molecule is CNC(CN1CCC2(CCCCC2)CC1)(C(=O)O)C1CC1. The zero-order chi connectivity index (χ0) is 14.9. The van der Waals surface area contributed by atoms with Gasteiger partial charge in [-0.3, -0.25) is 4.79 Å². The Bertz CT molecular complexity index is 378. The molecule has 1 aliphatic heterocycles. The van der Waals surface area contributed by atoms with Gasteiger partial charge in [-0.05, 0) is 70.0 Å². The number of nitrogens with zero attached hydrogens (tertiary/aromatic N) is 1. The minimum atomic E-state index is -0.711. The normalized spacial score (nSPS) is 29.2. The molecular weight excluding hydrogens is 264 g/mol. The molecule has 2 saturated carbocycles. The molecule has 3 fully saturated rings. The predicted molar refractivity (Wildman–Crippen MR) is 83.3 cm³/mol. The van der Waals surface area contributed by atoms with Crippen molar-refractivity contribution < 1.29 is 9.90 Å². The highest BCUT2D eigenvalue weighted by Crippen LogP contribution is 2.45. The van der Waals surface area contributed by atoms with Crippen molar-refractivity contribution in [2.45, 2.75) is 63.3 Å². The second kappa shape index (κ2) is 5.88. The number of hydrogen-bond donors (Lipinski definition) is 2. The molecule has 0 radical (unpaired) electrons. The fraction of sp³-hybridized carbons (Fsp3) is 0.941. The first kappa shape index (κ1) is 15.3. The number of rotatable bonds is 5. The number of carboxylic acid groups (broad SMARTS) is 1. The van der Waals surface area contributed by atoms with Crippen LogP contribution < -0.4 is 5.32 Å². The third-order valence-electron chi connectivity index (χ3n) is 6.41. The van der Waals surface area contributed by atoms with Crippen LogP contribution in [0.25, 0.3) is 0 Å². The summed E-state index contributed by atoms with van der Waals surface area (Å²) in [6.45, 7) is 2.85. The van der Waals surface area contributed by atoms with Gasteiger partial charge in [0.1, 0.15) is 5.54 Å². The molecule has 4 heteroatoms. The molecule has 2 aliphatic carbocycles. The monoisotopic (exact) mass is 294 g/mol. The van der Waals surface area contributed by atoms with E-state index in [4.69, 9.17) is 0 Å². The van der Waals surface area contributed by atoms with Crippen molar-refractivity contribution in [3.05, 3.63) is 0 Å². The Morgan fingerprint density at radius 2 is 1.81 bits per heavy atom. The van der Waals surface area contributed by atoms with Crippen LogP contribution in [0.4, 0.5) is 0 Å². The third kappa shape index (κ3) is 2.98. The first-order valence-electron chi connectivity index (χ1n) is 8.75. The molecule has 1 spiro atoms. The van der Waals surface area contributed by atoms with Crippen LogP contribution in [0.3, 0.4) is 0 Å². The zero-order valence-electron chi connectivity index (χ0n) is 13.4. The highest BCUT2D eigenvalue weighted by atomic mass is 16.4. The van der Waals surface area contributed by atoms with Gasteiger partial charge in [0.2, 0.25) is 0 Å². The van der Waals surface area contributed by atoms with E-state index in [-0.39, 0.29) is 0 Å². The molecule has 1 heterocycles. The first-order chi connectivity index (χ1) is 10.1. The summed E-state index contributed by atoms with van der Waals surface area (Å²) in [5.74, 6) is -0.337. The van der Waals surface area contributed by atoms with E-state index in [1.54, 1.807) is 0 Å².